The molecule has 0 radical (unpaired) electrons. The lowest BCUT2D eigenvalue weighted by atomic mass is 10.0. The Labute approximate surface area is 93.4 Å². The first kappa shape index (κ1) is 10.4. The minimum Gasteiger partial charge on any atom is -0.469 e. The third-order valence-corrected chi connectivity index (χ3v) is 3.87. The molecule has 1 heterocycles. The first-order chi connectivity index (χ1) is 7.04. The molecule has 4 heteroatoms. The van der Waals surface area contributed by atoms with Crippen LogP contribution in [-0.2, 0) is 14.4 Å². The van der Waals surface area contributed by atoms with Crippen molar-refractivity contribution in [2.24, 2.45) is 5.41 Å². The molecule has 0 N–H and O–H groups in total. The molecule has 2 atom stereocenters. The molecule has 2 rings (SSSR count). The van der Waals surface area contributed by atoms with Gasteiger partial charge in [0.2, 0.25) is 0 Å². The van der Waals surface area contributed by atoms with Crippen molar-refractivity contribution in [3.05, 3.63) is 30.1 Å². The zero-order chi connectivity index (χ0) is 11.1. The standard InChI is InChI=1S/C11H12ClNO2/c1-10(9(14)15-2)7-11(10,12)8-4-3-5-13-6-8/h3-6H,7H2,1-2H3. The van der Waals surface area contributed by atoms with Gasteiger partial charge in [-0.1, -0.05) is 6.07 Å². The number of carbonyl (C=O) groups is 1. The predicted molar refractivity (Wildman–Crippen MR) is 56.5 cm³/mol. The van der Waals surface area contributed by atoms with E-state index in [0.29, 0.717) is 6.42 Å². The lowest BCUT2D eigenvalue weighted by Gasteiger charge is -2.14. The van der Waals surface area contributed by atoms with Gasteiger partial charge >= 0.3 is 5.97 Å². The Balaban J connectivity index is 2.31. The van der Waals surface area contributed by atoms with Gasteiger partial charge in [0.1, 0.15) is 0 Å². The molecular weight excluding hydrogens is 214 g/mol. The van der Waals surface area contributed by atoms with Crippen molar-refractivity contribution in [2.75, 3.05) is 7.11 Å². The van der Waals surface area contributed by atoms with Crippen LogP contribution in [0.2, 0.25) is 0 Å². The molecule has 0 bridgehead atoms. The quantitative estimate of drug-likeness (QED) is 0.572. The van der Waals surface area contributed by atoms with E-state index in [1.54, 1.807) is 12.4 Å². The fourth-order valence-corrected chi connectivity index (χ4v) is 2.38. The molecule has 15 heavy (non-hydrogen) atoms. The fourth-order valence-electron chi connectivity index (χ4n) is 1.92. The highest BCUT2D eigenvalue weighted by Crippen LogP contribution is 2.67. The number of aromatic nitrogens is 1. The number of alkyl halides is 1. The van der Waals surface area contributed by atoms with Crippen molar-refractivity contribution in [3.8, 4) is 0 Å². The molecular formula is C11H12ClNO2. The van der Waals surface area contributed by atoms with Gasteiger partial charge in [-0.2, -0.15) is 0 Å². The Kier molecular flexibility index (Phi) is 2.23. The Morgan fingerprint density at radius 2 is 2.40 bits per heavy atom. The van der Waals surface area contributed by atoms with Crippen LogP contribution < -0.4 is 0 Å². The van der Waals surface area contributed by atoms with Crippen molar-refractivity contribution >= 4 is 17.6 Å². The third kappa shape index (κ3) is 1.34. The van der Waals surface area contributed by atoms with Crippen LogP contribution in [0.1, 0.15) is 18.9 Å². The van der Waals surface area contributed by atoms with Crippen LogP contribution in [0.4, 0.5) is 0 Å². The summed E-state index contributed by atoms with van der Waals surface area (Å²) in [5, 5.41) is 0. The van der Waals surface area contributed by atoms with E-state index >= 15 is 0 Å². The number of esters is 1. The number of carbonyl (C=O) groups excluding carboxylic acids is 1. The smallest absolute Gasteiger partial charge is 0.313 e. The van der Waals surface area contributed by atoms with E-state index in [1.165, 1.54) is 7.11 Å². The summed E-state index contributed by atoms with van der Waals surface area (Å²) in [5.41, 5.74) is 0.256. The molecule has 1 fully saturated rings. The zero-order valence-electron chi connectivity index (χ0n) is 8.66. The number of nitrogens with zero attached hydrogens (tertiary/aromatic N) is 1. The summed E-state index contributed by atoms with van der Waals surface area (Å²) < 4.78 is 4.75. The van der Waals surface area contributed by atoms with E-state index in [9.17, 15) is 4.79 Å². The highest BCUT2D eigenvalue weighted by Gasteiger charge is 2.70. The van der Waals surface area contributed by atoms with E-state index in [4.69, 9.17) is 16.3 Å². The Morgan fingerprint density at radius 1 is 1.67 bits per heavy atom. The van der Waals surface area contributed by atoms with Crippen LogP contribution in [0.25, 0.3) is 0 Å². The molecule has 1 saturated carbocycles. The number of rotatable bonds is 2. The van der Waals surface area contributed by atoms with E-state index < -0.39 is 10.3 Å². The molecule has 0 aromatic carbocycles. The lowest BCUT2D eigenvalue weighted by molar-refractivity contribution is -0.146. The molecule has 0 spiro atoms. The van der Waals surface area contributed by atoms with Gasteiger partial charge in [-0.05, 0) is 25.0 Å². The fraction of sp³-hybridized carbons (Fsp3) is 0.455. The average Bonchev–Trinajstić information content (AvgIpc) is 2.85. The van der Waals surface area contributed by atoms with Crippen molar-refractivity contribution in [3.63, 3.8) is 0 Å². The monoisotopic (exact) mass is 225 g/mol. The second-order valence-corrected chi connectivity index (χ2v) is 4.69. The maximum atomic E-state index is 11.6. The van der Waals surface area contributed by atoms with Gasteiger partial charge in [-0.15, -0.1) is 11.6 Å². The maximum Gasteiger partial charge on any atom is 0.313 e. The van der Waals surface area contributed by atoms with Crippen LogP contribution in [0, 0.1) is 5.41 Å². The number of pyridine rings is 1. The first-order valence-corrected chi connectivity index (χ1v) is 5.10. The van der Waals surface area contributed by atoms with Crippen molar-refractivity contribution in [1.29, 1.82) is 0 Å². The van der Waals surface area contributed by atoms with E-state index in [1.807, 2.05) is 19.1 Å². The molecule has 2 unspecified atom stereocenters. The van der Waals surface area contributed by atoms with Crippen molar-refractivity contribution in [2.45, 2.75) is 18.2 Å². The van der Waals surface area contributed by atoms with Gasteiger partial charge in [0.15, 0.2) is 0 Å². The molecule has 1 aliphatic carbocycles. The molecule has 1 aliphatic rings. The highest BCUT2D eigenvalue weighted by molar-refractivity contribution is 6.29. The predicted octanol–water partition coefficient (Wildman–Crippen LogP) is 2.10. The summed E-state index contributed by atoms with van der Waals surface area (Å²) in [6.07, 6.45) is 3.97. The number of methoxy groups -OCH3 is 1. The summed E-state index contributed by atoms with van der Waals surface area (Å²) in [6, 6.07) is 3.70. The van der Waals surface area contributed by atoms with Gasteiger partial charge < -0.3 is 4.74 Å². The summed E-state index contributed by atoms with van der Waals surface area (Å²) >= 11 is 6.41. The largest absolute Gasteiger partial charge is 0.469 e. The van der Waals surface area contributed by atoms with Crippen LogP contribution in [0.15, 0.2) is 24.5 Å². The third-order valence-electron chi connectivity index (χ3n) is 3.10. The average molecular weight is 226 g/mol. The number of hydrogen-bond donors (Lipinski definition) is 0. The Hall–Kier alpha value is -1.09. The van der Waals surface area contributed by atoms with Gasteiger partial charge in [0.05, 0.1) is 17.4 Å². The van der Waals surface area contributed by atoms with Crippen molar-refractivity contribution < 1.29 is 9.53 Å². The van der Waals surface area contributed by atoms with Gasteiger partial charge in [-0.25, -0.2) is 0 Å². The van der Waals surface area contributed by atoms with E-state index in [-0.39, 0.29) is 5.97 Å². The first-order valence-electron chi connectivity index (χ1n) is 4.72. The van der Waals surface area contributed by atoms with Crippen LogP contribution in [0.5, 0.6) is 0 Å². The SMILES string of the molecule is COC(=O)C1(C)CC1(Cl)c1cccnc1. The van der Waals surface area contributed by atoms with Crippen LogP contribution in [0.3, 0.4) is 0 Å². The molecule has 0 amide bonds. The second-order valence-electron chi connectivity index (χ2n) is 4.04. The van der Waals surface area contributed by atoms with Gasteiger partial charge in [-0.3, -0.25) is 9.78 Å². The summed E-state index contributed by atoms with van der Waals surface area (Å²) in [4.78, 5) is 14.9. The van der Waals surface area contributed by atoms with Gasteiger partial charge in [0, 0.05) is 12.4 Å². The normalized spacial score (nSPS) is 33.5. The minimum absolute atomic E-state index is 0.263. The van der Waals surface area contributed by atoms with Crippen LogP contribution >= 0.6 is 11.6 Å². The summed E-state index contributed by atoms with van der Waals surface area (Å²) in [6.45, 7) is 1.82. The molecule has 1 aromatic rings. The highest BCUT2D eigenvalue weighted by atomic mass is 35.5. The Morgan fingerprint density at radius 3 is 2.93 bits per heavy atom. The molecule has 1 aromatic heterocycles. The van der Waals surface area contributed by atoms with Crippen molar-refractivity contribution in [1.82, 2.24) is 4.98 Å². The molecule has 0 saturated heterocycles. The number of ether oxygens (including phenoxy) is 1. The van der Waals surface area contributed by atoms with E-state index in [0.717, 1.165) is 5.56 Å². The van der Waals surface area contributed by atoms with Crippen LogP contribution in [-0.4, -0.2) is 18.1 Å². The number of hydrogen-bond acceptors (Lipinski definition) is 3. The van der Waals surface area contributed by atoms with Gasteiger partial charge in [0.25, 0.3) is 0 Å². The molecule has 0 aliphatic heterocycles. The maximum absolute atomic E-state index is 11.6. The second kappa shape index (κ2) is 3.20. The number of halogens is 1. The zero-order valence-corrected chi connectivity index (χ0v) is 9.41. The topological polar surface area (TPSA) is 39.2 Å². The minimum atomic E-state index is -0.644. The lowest BCUT2D eigenvalue weighted by Crippen LogP contribution is -2.21. The summed E-state index contributed by atoms with van der Waals surface area (Å²) in [5.74, 6) is -0.263. The van der Waals surface area contributed by atoms with E-state index in [2.05, 4.69) is 4.98 Å². The summed E-state index contributed by atoms with van der Waals surface area (Å²) in [7, 11) is 1.38. The molecule has 80 valence electrons. The molecule has 3 nitrogen and oxygen atoms in total. The Bertz CT molecular complexity index is 395.